The van der Waals surface area contributed by atoms with Crippen LogP contribution in [0.1, 0.15) is 25.0 Å². The molecule has 0 aliphatic carbocycles. The SMILES string of the molecule is COCCN(C)c1cc(Nc2ccc3c(c2)C=NC3)nc(-c2cccc(OCC(=O)NC(C)C)c2)n1. The molecule has 2 aromatic carbocycles. The number of hydrogen-bond acceptors (Lipinski definition) is 8. The molecular weight excluding hydrogens is 456 g/mol. The first-order valence-electron chi connectivity index (χ1n) is 11.9. The topological polar surface area (TPSA) is 101 Å². The van der Waals surface area contributed by atoms with Crippen molar-refractivity contribution in [1.29, 1.82) is 0 Å². The van der Waals surface area contributed by atoms with Crippen LogP contribution >= 0.6 is 0 Å². The van der Waals surface area contributed by atoms with Gasteiger partial charge in [-0.25, -0.2) is 9.97 Å². The van der Waals surface area contributed by atoms with Gasteiger partial charge in [0.2, 0.25) is 0 Å². The summed E-state index contributed by atoms with van der Waals surface area (Å²) in [6, 6.07) is 15.6. The minimum atomic E-state index is -0.167. The van der Waals surface area contributed by atoms with Gasteiger partial charge in [-0.15, -0.1) is 0 Å². The van der Waals surface area contributed by atoms with Crippen LogP contribution in [-0.4, -0.2) is 62.0 Å². The first-order chi connectivity index (χ1) is 17.4. The smallest absolute Gasteiger partial charge is 0.258 e. The van der Waals surface area contributed by atoms with Crippen molar-refractivity contribution in [2.75, 3.05) is 44.1 Å². The van der Waals surface area contributed by atoms with E-state index in [2.05, 4.69) is 27.8 Å². The molecule has 1 aromatic heterocycles. The van der Waals surface area contributed by atoms with Crippen molar-refractivity contribution in [2.45, 2.75) is 26.4 Å². The lowest BCUT2D eigenvalue weighted by atomic mass is 10.1. The molecule has 4 rings (SSSR count). The molecule has 3 aromatic rings. The summed E-state index contributed by atoms with van der Waals surface area (Å²) in [5.41, 5.74) is 4.02. The number of carbonyl (C=O) groups is 1. The fraction of sp³-hybridized carbons (Fsp3) is 0.333. The van der Waals surface area contributed by atoms with Gasteiger partial charge in [-0.1, -0.05) is 18.2 Å². The van der Waals surface area contributed by atoms with Crippen LogP contribution in [0.15, 0.2) is 53.5 Å². The molecule has 2 N–H and O–H groups in total. The number of nitrogens with zero attached hydrogens (tertiary/aromatic N) is 4. The molecule has 1 aliphatic heterocycles. The number of likely N-dealkylation sites (N-methyl/N-ethyl adjacent to an activating group) is 1. The monoisotopic (exact) mass is 488 g/mol. The van der Waals surface area contributed by atoms with E-state index in [9.17, 15) is 4.79 Å². The lowest BCUT2D eigenvalue weighted by Crippen LogP contribution is -2.34. The van der Waals surface area contributed by atoms with Crippen LogP contribution < -0.4 is 20.3 Å². The predicted molar refractivity (Wildman–Crippen MR) is 142 cm³/mol. The Morgan fingerprint density at radius 2 is 2.00 bits per heavy atom. The van der Waals surface area contributed by atoms with Gasteiger partial charge in [0.1, 0.15) is 17.4 Å². The average molecular weight is 489 g/mol. The molecule has 0 radical (unpaired) electrons. The second-order valence-electron chi connectivity index (χ2n) is 8.90. The number of amides is 1. The number of aliphatic imine (C=N–C) groups is 1. The number of hydrogen-bond donors (Lipinski definition) is 2. The van der Waals surface area contributed by atoms with Crippen LogP contribution in [0.5, 0.6) is 5.75 Å². The molecule has 9 nitrogen and oxygen atoms in total. The Morgan fingerprint density at radius 1 is 1.14 bits per heavy atom. The third-order valence-corrected chi connectivity index (χ3v) is 5.56. The number of rotatable bonds is 11. The summed E-state index contributed by atoms with van der Waals surface area (Å²) >= 11 is 0. The van der Waals surface area contributed by atoms with Crippen LogP contribution in [-0.2, 0) is 16.1 Å². The molecule has 0 unspecified atom stereocenters. The van der Waals surface area contributed by atoms with Crippen LogP contribution in [0.4, 0.5) is 17.3 Å². The number of carbonyl (C=O) groups excluding carboxylic acids is 1. The second-order valence-corrected chi connectivity index (χ2v) is 8.90. The summed E-state index contributed by atoms with van der Waals surface area (Å²) in [5.74, 6) is 2.36. The highest BCUT2D eigenvalue weighted by Crippen LogP contribution is 2.28. The lowest BCUT2D eigenvalue weighted by molar-refractivity contribution is -0.123. The van der Waals surface area contributed by atoms with Crippen LogP contribution in [0.25, 0.3) is 11.4 Å². The number of methoxy groups -OCH3 is 1. The number of fused-ring (bicyclic) bond motifs is 1. The molecule has 0 spiro atoms. The molecule has 0 saturated heterocycles. The summed E-state index contributed by atoms with van der Waals surface area (Å²) in [4.78, 5) is 27.9. The Balaban J connectivity index is 1.60. The van der Waals surface area contributed by atoms with Gasteiger partial charge < -0.3 is 25.0 Å². The van der Waals surface area contributed by atoms with Crippen LogP contribution in [0, 0.1) is 0 Å². The fourth-order valence-electron chi connectivity index (χ4n) is 3.73. The van der Waals surface area contributed by atoms with Gasteiger partial charge in [0.25, 0.3) is 5.91 Å². The zero-order valence-electron chi connectivity index (χ0n) is 21.1. The van der Waals surface area contributed by atoms with E-state index in [1.54, 1.807) is 7.11 Å². The van der Waals surface area contributed by atoms with Gasteiger partial charge in [0, 0.05) is 50.3 Å². The van der Waals surface area contributed by atoms with E-state index in [0.717, 1.165) is 29.2 Å². The molecule has 0 saturated carbocycles. The van der Waals surface area contributed by atoms with E-state index < -0.39 is 0 Å². The molecule has 1 amide bonds. The molecule has 0 bridgehead atoms. The summed E-state index contributed by atoms with van der Waals surface area (Å²) in [5, 5.41) is 6.23. The van der Waals surface area contributed by atoms with Gasteiger partial charge in [-0.3, -0.25) is 9.79 Å². The Labute approximate surface area is 211 Å². The van der Waals surface area contributed by atoms with Crippen LogP contribution in [0.2, 0.25) is 0 Å². The normalized spacial score (nSPS) is 11.9. The lowest BCUT2D eigenvalue weighted by Gasteiger charge is -2.20. The summed E-state index contributed by atoms with van der Waals surface area (Å²) in [6.45, 7) is 5.74. The van der Waals surface area contributed by atoms with E-state index >= 15 is 0 Å². The third kappa shape index (κ3) is 6.57. The van der Waals surface area contributed by atoms with Crippen molar-refractivity contribution in [1.82, 2.24) is 15.3 Å². The molecular formula is C27H32N6O3. The van der Waals surface area contributed by atoms with Gasteiger partial charge in [-0.2, -0.15) is 0 Å². The van der Waals surface area contributed by atoms with Gasteiger partial charge in [-0.05, 0) is 49.2 Å². The number of anilines is 3. The zero-order chi connectivity index (χ0) is 25.5. The summed E-state index contributed by atoms with van der Waals surface area (Å²) in [6.07, 6.45) is 1.89. The highest BCUT2D eigenvalue weighted by molar-refractivity contribution is 5.86. The molecule has 36 heavy (non-hydrogen) atoms. The zero-order valence-corrected chi connectivity index (χ0v) is 21.1. The van der Waals surface area contributed by atoms with E-state index in [1.165, 1.54) is 5.56 Å². The maximum absolute atomic E-state index is 12.0. The average Bonchev–Trinajstić information content (AvgIpc) is 3.33. The van der Waals surface area contributed by atoms with Crippen molar-refractivity contribution in [3.05, 3.63) is 59.7 Å². The van der Waals surface area contributed by atoms with Gasteiger partial charge in [0.05, 0.1) is 13.2 Å². The van der Waals surface area contributed by atoms with Crippen molar-refractivity contribution in [2.24, 2.45) is 4.99 Å². The molecule has 0 fully saturated rings. The number of aromatic nitrogens is 2. The molecule has 2 heterocycles. The van der Waals surface area contributed by atoms with E-state index in [0.29, 0.717) is 30.5 Å². The van der Waals surface area contributed by atoms with E-state index in [4.69, 9.17) is 19.4 Å². The summed E-state index contributed by atoms with van der Waals surface area (Å²) < 4.78 is 10.9. The van der Waals surface area contributed by atoms with E-state index in [-0.39, 0.29) is 18.6 Å². The first kappa shape index (κ1) is 25.1. The van der Waals surface area contributed by atoms with Crippen molar-refractivity contribution in [3.8, 4) is 17.1 Å². The Kier molecular flexibility index (Phi) is 8.12. The maximum atomic E-state index is 12.0. The fourth-order valence-corrected chi connectivity index (χ4v) is 3.73. The quantitative estimate of drug-likeness (QED) is 0.423. The predicted octanol–water partition coefficient (Wildman–Crippen LogP) is 3.81. The van der Waals surface area contributed by atoms with Crippen LogP contribution in [0.3, 0.4) is 0 Å². The number of nitrogens with one attached hydrogen (secondary N) is 2. The van der Waals surface area contributed by atoms with Crippen molar-refractivity contribution >= 4 is 29.4 Å². The first-order valence-corrected chi connectivity index (χ1v) is 11.9. The minimum Gasteiger partial charge on any atom is -0.484 e. The highest BCUT2D eigenvalue weighted by Gasteiger charge is 2.13. The van der Waals surface area contributed by atoms with Crippen molar-refractivity contribution in [3.63, 3.8) is 0 Å². The number of ether oxygens (including phenoxy) is 2. The molecule has 1 aliphatic rings. The van der Waals surface area contributed by atoms with Gasteiger partial charge >= 0.3 is 0 Å². The third-order valence-electron chi connectivity index (χ3n) is 5.56. The Bertz CT molecular complexity index is 1240. The molecule has 188 valence electrons. The molecule has 9 heteroatoms. The Morgan fingerprint density at radius 3 is 2.81 bits per heavy atom. The largest absolute Gasteiger partial charge is 0.484 e. The minimum absolute atomic E-state index is 0.0579. The Hall–Kier alpha value is -3.98. The standard InChI is InChI=1S/C27H32N6O3/c1-18(2)29-26(34)17-36-23-7-5-6-19(13-23)27-31-24(14-25(32-27)33(3)10-11-35-4)30-22-9-8-20-15-28-16-21(20)12-22/h5-9,12-14,16,18H,10-11,15,17H2,1-4H3,(H,29,34)(H,30,31,32). The summed E-state index contributed by atoms with van der Waals surface area (Å²) in [7, 11) is 3.64. The van der Waals surface area contributed by atoms with Gasteiger partial charge in [0.15, 0.2) is 12.4 Å². The molecule has 0 atom stereocenters. The number of benzene rings is 2. The van der Waals surface area contributed by atoms with E-state index in [1.807, 2.05) is 68.4 Å². The highest BCUT2D eigenvalue weighted by atomic mass is 16.5. The second kappa shape index (κ2) is 11.6. The van der Waals surface area contributed by atoms with Crippen molar-refractivity contribution < 1.29 is 14.3 Å². The maximum Gasteiger partial charge on any atom is 0.258 e.